The van der Waals surface area contributed by atoms with E-state index < -0.39 is 0 Å². The van der Waals surface area contributed by atoms with Crippen molar-refractivity contribution in [1.29, 1.82) is 0 Å². The second kappa shape index (κ2) is 6.45. The van der Waals surface area contributed by atoms with E-state index in [2.05, 4.69) is 61.8 Å². The third kappa shape index (κ3) is 3.24. The van der Waals surface area contributed by atoms with Gasteiger partial charge in [0, 0.05) is 23.7 Å². The Morgan fingerprint density at radius 2 is 1.85 bits per heavy atom. The second-order valence-electron chi connectivity index (χ2n) is 5.92. The van der Waals surface area contributed by atoms with Crippen LogP contribution in [0.2, 0.25) is 0 Å². The lowest BCUT2D eigenvalue weighted by molar-refractivity contribution is 0.572. The summed E-state index contributed by atoms with van der Waals surface area (Å²) in [5, 5.41) is 1.20. The fraction of sp³-hybridized carbons (Fsp3) is 0.471. The average Bonchev–Trinajstić information content (AvgIpc) is 2.43. The summed E-state index contributed by atoms with van der Waals surface area (Å²) in [5.41, 5.74) is 3.21. The van der Waals surface area contributed by atoms with Crippen molar-refractivity contribution in [3.05, 3.63) is 36.0 Å². The molecule has 0 atom stereocenters. The van der Waals surface area contributed by atoms with Gasteiger partial charge in [-0.3, -0.25) is 4.98 Å². The molecule has 0 aliphatic carbocycles. The minimum absolute atomic E-state index is 0.450. The first kappa shape index (κ1) is 15.1. The third-order valence-electron chi connectivity index (χ3n) is 3.38. The number of aromatic nitrogens is 1. The van der Waals surface area contributed by atoms with Crippen molar-refractivity contribution in [1.82, 2.24) is 4.98 Å². The second-order valence-corrected chi connectivity index (χ2v) is 6.19. The highest BCUT2D eigenvalue weighted by atomic mass is 35.5. The summed E-state index contributed by atoms with van der Waals surface area (Å²) in [6.07, 6.45) is 0. The quantitative estimate of drug-likeness (QED) is 0.732. The van der Waals surface area contributed by atoms with E-state index in [0.717, 1.165) is 17.8 Å². The molecule has 2 aromatic rings. The first-order chi connectivity index (χ1) is 9.52. The van der Waals surface area contributed by atoms with E-state index in [-0.39, 0.29) is 0 Å². The molecular weight excluding hydrogens is 268 g/mol. The number of halogens is 1. The zero-order valence-corrected chi connectivity index (χ0v) is 13.5. The Morgan fingerprint density at radius 3 is 2.45 bits per heavy atom. The number of anilines is 1. The molecule has 1 aromatic heterocycles. The molecule has 0 unspecified atom stereocenters. The number of para-hydroxylation sites is 1. The monoisotopic (exact) mass is 290 g/mol. The first-order valence-electron chi connectivity index (χ1n) is 7.24. The molecule has 2 rings (SSSR count). The summed E-state index contributed by atoms with van der Waals surface area (Å²) in [6, 6.07) is 10.9. The van der Waals surface area contributed by atoms with Gasteiger partial charge in [0.05, 0.1) is 17.1 Å². The van der Waals surface area contributed by atoms with Crippen LogP contribution in [0.25, 0.3) is 10.9 Å². The Kier molecular flexibility index (Phi) is 4.87. The SMILES string of the molecule is CC(C)CN(c1cc(CCl)nc2ccccc12)C(C)C. The van der Waals surface area contributed by atoms with Crippen LogP contribution in [-0.2, 0) is 5.88 Å². The molecule has 1 heterocycles. The smallest absolute Gasteiger partial charge is 0.0726 e. The summed E-state index contributed by atoms with van der Waals surface area (Å²) >= 11 is 6.01. The number of alkyl halides is 1. The van der Waals surface area contributed by atoms with E-state index in [1.165, 1.54) is 11.1 Å². The van der Waals surface area contributed by atoms with Crippen molar-refractivity contribution in [3.63, 3.8) is 0 Å². The van der Waals surface area contributed by atoms with Crippen LogP contribution in [-0.4, -0.2) is 17.6 Å². The number of hydrogen-bond acceptors (Lipinski definition) is 2. The lowest BCUT2D eigenvalue weighted by Gasteiger charge is -2.32. The normalized spacial score (nSPS) is 11.6. The summed E-state index contributed by atoms with van der Waals surface area (Å²) in [5.74, 6) is 1.06. The minimum Gasteiger partial charge on any atom is -0.368 e. The molecule has 0 spiro atoms. The molecule has 0 saturated heterocycles. The molecule has 2 nitrogen and oxygen atoms in total. The van der Waals surface area contributed by atoms with Crippen molar-refractivity contribution < 1.29 is 0 Å². The predicted molar refractivity (Wildman–Crippen MR) is 88.6 cm³/mol. The Hall–Kier alpha value is -1.28. The molecule has 0 bridgehead atoms. The molecule has 0 aliphatic rings. The van der Waals surface area contributed by atoms with E-state index in [0.29, 0.717) is 17.8 Å². The van der Waals surface area contributed by atoms with Gasteiger partial charge in [-0.25, -0.2) is 0 Å². The van der Waals surface area contributed by atoms with Gasteiger partial charge in [-0.15, -0.1) is 11.6 Å². The highest BCUT2D eigenvalue weighted by molar-refractivity contribution is 6.17. The number of rotatable bonds is 5. The van der Waals surface area contributed by atoms with Gasteiger partial charge >= 0.3 is 0 Å². The van der Waals surface area contributed by atoms with Crippen LogP contribution < -0.4 is 4.90 Å². The molecule has 0 amide bonds. The summed E-state index contributed by atoms with van der Waals surface area (Å²) < 4.78 is 0. The lowest BCUT2D eigenvalue weighted by Crippen LogP contribution is -2.34. The number of nitrogens with zero attached hydrogens (tertiary/aromatic N) is 2. The van der Waals surface area contributed by atoms with Crippen molar-refractivity contribution >= 4 is 28.2 Å². The van der Waals surface area contributed by atoms with E-state index in [1.807, 2.05) is 6.07 Å². The molecule has 20 heavy (non-hydrogen) atoms. The number of benzene rings is 1. The molecule has 1 aromatic carbocycles. The molecule has 0 radical (unpaired) electrons. The van der Waals surface area contributed by atoms with Crippen molar-refractivity contribution in [3.8, 4) is 0 Å². The van der Waals surface area contributed by atoms with E-state index in [4.69, 9.17) is 11.6 Å². The average molecular weight is 291 g/mol. The highest BCUT2D eigenvalue weighted by Gasteiger charge is 2.16. The van der Waals surface area contributed by atoms with Crippen LogP contribution in [0.15, 0.2) is 30.3 Å². The molecule has 3 heteroatoms. The number of pyridine rings is 1. The zero-order chi connectivity index (χ0) is 14.7. The molecule has 0 N–H and O–H groups in total. The number of fused-ring (bicyclic) bond motifs is 1. The predicted octanol–water partition coefficient (Wildman–Crippen LogP) is 4.84. The Bertz CT molecular complexity index is 578. The molecule has 0 aliphatic heterocycles. The van der Waals surface area contributed by atoms with Crippen molar-refractivity contribution in [2.45, 2.75) is 39.6 Å². The van der Waals surface area contributed by atoms with Gasteiger partial charge in [0.25, 0.3) is 0 Å². The highest BCUT2D eigenvalue weighted by Crippen LogP contribution is 2.29. The Labute approximate surface area is 126 Å². The van der Waals surface area contributed by atoms with Crippen molar-refractivity contribution in [2.75, 3.05) is 11.4 Å². The fourth-order valence-corrected chi connectivity index (χ4v) is 2.63. The number of hydrogen-bond donors (Lipinski definition) is 0. The van der Waals surface area contributed by atoms with E-state index in [1.54, 1.807) is 0 Å². The minimum atomic E-state index is 0.450. The van der Waals surface area contributed by atoms with Crippen LogP contribution in [0.3, 0.4) is 0 Å². The molecule has 0 fully saturated rings. The maximum Gasteiger partial charge on any atom is 0.0726 e. The van der Waals surface area contributed by atoms with Crippen LogP contribution >= 0.6 is 11.6 Å². The van der Waals surface area contributed by atoms with Crippen molar-refractivity contribution in [2.24, 2.45) is 5.92 Å². The van der Waals surface area contributed by atoms with Gasteiger partial charge in [-0.05, 0) is 31.9 Å². The maximum absolute atomic E-state index is 6.01. The topological polar surface area (TPSA) is 16.1 Å². The first-order valence-corrected chi connectivity index (χ1v) is 7.77. The van der Waals surface area contributed by atoms with Gasteiger partial charge in [0.1, 0.15) is 0 Å². The van der Waals surface area contributed by atoms with Crippen LogP contribution in [0.1, 0.15) is 33.4 Å². The molecular formula is C17H23ClN2. The summed E-state index contributed by atoms with van der Waals surface area (Å²) in [6.45, 7) is 10.0. The fourth-order valence-electron chi connectivity index (χ4n) is 2.50. The summed E-state index contributed by atoms with van der Waals surface area (Å²) in [7, 11) is 0. The van der Waals surface area contributed by atoms with Gasteiger partial charge in [-0.1, -0.05) is 32.0 Å². The Balaban J connectivity index is 2.59. The molecule has 0 saturated carbocycles. The van der Waals surface area contributed by atoms with Gasteiger partial charge in [0.2, 0.25) is 0 Å². The van der Waals surface area contributed by atoms with Crippen LogP contribution in [0, 0.1) is 5.92 Å². The third-order valence-corrected chi connectivity index (χ3v) is 3.65. The maximum atomic E-state index is 6.01. The standard InChI is InChI=1S/C17H23ClN2/c1-12(2)11-20(13(3)4)17-9-14(10-18)19-16-8-6-5-7-15(16)17/h5-9,12-13H,10-11H2,1-4H3. The van der Waals surface area contributed by atoms with Gasteiger partial charge in [-0.2, -0.15) is 0 Å². The lowest BCUT2D eigenvalue weighted by atomic mass is 10.1. The van der Waals surface area contributed by atoms with Gasteiger partial charge in [0.15, 0.2) is 0 Å². The van der Waals surface area contributed by atoms with Crippen LogP contribution in [0.4, 0.5) is 5.69 Å². The molecule has 108 valence electrons. The zero-order valence-electron chi connectivity index (χ0n) is 12.7. The van der Waals surface area contributed by atoms with Gasteiger partial charge < -0.3 is 4.90 Å². The van der Waals surface area contributed by atoms with E-state index >= 15 is 0 Å². The van der Waals surface area contributed by atoms with E-state index in [9.17, 15) is 0 Å². The summed E-state index contributed by atoms with van der Waals surface area (Å²) in [4.78, 5) is 7.07. The van der Waals surface area contributed by atoms with Crippen LogP contribution in [0.5, 0.6) is 0 Å². The Morgan fingerprint density at radius 1 is 1.15 bits per heavy atom. The largest absolute Gasteiger partial charge is 0.368 e.